The largest absolute Gasteiger partial charge is 0.416 e. The summed E-state index contributed by atoms with van der Waals surface area (Å²) in [6.07, 6.45) is -6.64. The Labute approximate surface area is 136 Å². The maximum Gasteiger partial charge on any atom is 0.416 e. The van der Waals surface area contributed by atoms with Gasteiger partial charge in [0, 0.05) is 24.6 Å². The Balaban J connectivity index is 2.08. The predicted octanol–water partition coefficient (Wildman–Crippen LogP) is 2.03. The summed E-state index contributed by atoms with van der Waals surface area (Å²) in [5, 5.41) is 15.8. The molecule has 1 aromatic heterocycles. The molecule has 0 aliphatic rings. The molecule has 0 saturated carbocycles. The summed E-state index contributed by atoms with van der Waals surface area (Å²) in [6.45, 7) is 1.10. The van der Waals surface area contributed by atoms with E-state index in [0.717, 1.165) is 10.7 Å². The third kappa shape index (κ3) is 4.10. The topological polar surface area (TPSA) is 82.1 Å². The molecule has 24 heavy (non-hydrogen) atoms. The lowest BCUT2D eigenvalue weighted by Gasteiger charge is -2.22. The van der Waals surface area contributed by atoms with Crippen LogP contribution in [0.3, 0.4) is 0 Å². The van der Waals surface area contributed by atoms with Crippen molar-refractivity contribution in [1.82, 2.24) is 20.1 Å². The molecule has 1 atom stereocenters. The van der Waals surface area contributed by atoms with Crippen molar-refractivity contribution in [3.8, 4) is 11.4 Å². The van der Waals surface area contributed by atoms with Crippen LogP contribution in [-0.2, 0) is 6.42 Å². The Hall–Kier alpha value is -2.42. The third-order valence-electron chi connectivity index (χ3n) is 3.43. The van der Waals surface area contributed by atoms with Gasteiger partial charge in [-0.2, -0.15) is 18.3 Å². The highest BCUT2D eigenvalue weighted by molar-refractivity contribution is 5.94. The number of nitrogens with zero attached hydrogens (tertiary/aromatic N) is 3. The quantitative estimate of drug-likeness (QED) is 0.871. The molecule has 0 aliphatic carbocycles. The third-order valence-corrected chi connectivity index (χ3v) is 3.43. The maximum absolute atomic E-state index is 12.3. The summed E-state index contributed by atoms with van der Waals surface area (Å²) in [5.41, 5.74) is 0.891. The molecule has 9 heteroatoms. The molecule has 1 unspecified atom stereocenters. The van der Waals surface area contributed by atoms with Gasteiger partial charge in [-0.05, 0) is 12.1 Å². The molecule has 2 rings (SSSR count). The number of rotatable bonds is 5. The van der Waals surface area contributed by atoms with E-state index in [0.29, 0.717) is 17.8 Å². The van der Waals surface area contributed by atoms with Gasteiger partial charge in [0.1, 0.15) is 5.82 Å². The summed E-state index contributed by atoms with van der Waals surface area (Å²) < 4.78 is 37.0. The zero-order valence-electron chi connectivity index (χ0n) is 13.1. The van der Waals surface area contributed by atoms with Crippen molar-refractivity contribution in [3.63, 3.8) is 0 Å². The molecular formula is C15H17F3N4O2. The number of alkyl halides is 3. The Bertz CT molecular complexity index is 697. The standard InChI is InChI=1S/C15H17F3N4O2/c1-3-12-19-13(21-20-12)9-4-6-10(7-5-9)14(24)22(2)8-11(23)15(16,17)18/h4-7,11,23H,3,8H2,1-2H3,(H,19,20,21). The fourth-order valence-electron chi connectivity index (χ4n) is 2.01. The number of benzene rings is 1. The summed E-state index contributed by atoms with van der Waals surface area (Å²) in [7, 11) is 1.20. The van der Waals surface area contributed by atoms with Gasteiger partial charge >= 0.3 is 6.18 Å². The minimum atomic E-state index is -4.76. The first-order valence-corrected chi connectivity index (χ1v) is 7.24. The van der Waals surface area contributed by atoms with E-state index in [-0.39, 0.29) is 5.56 Å². The van der Waals surface area contributed by atoms with Crippen LogP contribution in [0, 0.1) is 0 Å². The molecule has 0 spiro atoms. The number of aliphatic hydroxyl groups excluding tert-OH is 1. The zero-order chi connectivity index (χ0) is 17.9. The highest BCUT2D eigenvalue weighted by Gasteiger charge is 2.39. The van der Waals surface area contributed by atoms with Crippen LogP contribution in [0.5, 0.6) is 0 Å². The second-order valence-corrected chi connectivity index (χ2v) is 5.28. The minimum absolute atomic E-state index is 0.210. The summed E-state index contributed by atoms with van der Waals surface area (Å²) in [5.74, 6) is 0.590. The number of hydrogen-bond donors (Lipinski definition) is 2. The lowest BCUT2D eigenvalue weighted by molar-refractivity contribution is -0.205. The van der Waals surface area contributed by atoms with E-state index < -0.39 is 24.7 Å². The van der Waals surface area contributed by atoms with Crippen LogP contribution in [0.4, 0.5) is 13.2 Å². The summed E-state index contributed by atoms with van der Waals surface area (Å²) in [6, 6.07) is 6.19. The number of H-pyrrole nitrogens is 1. The number of carbonyl (C=O) groups excluding carboxylic acids is 1. The Morgan fingerprint density at radius 3 is 2.46 bits per heavy atom. The fraction of sp³-hybridized carbons (Fsp3) is 0.400. The Morgan fingerprint density at radius 1 is 1.33 bits per heavy atom. The van der Waals surface area contributed by atoms with Crippen molar-refractivity contribution in [2.45, 2.75) is 25.6 Å². The second kappa shape index (κ2) is 7.00. The van der Waals surface area contributed by atoms with Gasteiger partial charge in [-0.1, -0.05) is 19.1 Å². The number of carbonyl (C=O) groups is 1. The lowest BCUT2D eigenvalue weighted by Crippen LogP contribution is -2.41. The zero-order valence-corrected chi connectivity index (χ0v) is 13.1. The molecule has 1 aromatic carbocycles. The highest BCUT2D eigenvalue weighted by Crippen LogP contribution is 2.21. The molecule has 0 bridgehead atoms. The van der Waals surface area contributed by atoms with E-state index in [1.54, 1.807) is 12.1 Å². The van der Waals surface area contributed by atoms with Crippen molar-refractivity contribution in [3.05, 3.63) is 35.7 Å². The number of halogens is 3. The number of aryl methyl sites for hydroxylation is 1. The number of aromatic amines is 1. The molecule has 130 valence electrons. The fourth-order valence-corrected chi connectivity index (χ4v) is 2.01. The van der Waals surface area contributed by atoms with Crippen molar-refractivity contribution in [2.24, 2.45) is 0 Å². The SMILES string of the molecule is CCc1nc(-c2ccc(C(=O)N(C)CC(O)C(F)(F)F)cc2)n[nH]1. The van der Waals surface area contributed by atoms with Gasteiger partial charge in [0.05, 0.1) is 6.54 Å². The van der Waals surface area contributed by atoms with Gasteiger partial charge in [-0.3, -0.25) is 9.89 Å². The Morgan fingerprint density at radius 2 is 1.96 bits per heavy atom. The normalized spacial score (nSPS) is 12.9. The van der Waals surface area contributed by atoms with Gasteiger partial charge in [0.25, 0.3) is 5.91 Å². The van der Waals surface area contributed by atoms with E-state index >= 15 is 0 Å². The molecule has 0 saturated heterocycles. The van der Waals surface area contributed by atoms with Gasteiger partial charge in [-0.25, -0.2) is 4.98 Å². The molecule has 0 aliphatic heterocycles. The van der Waals surface area contributed by atoms with Gasteiger partial charge < -0.3 is 10.0 Å². The van der Waals surface area contributed by atoms with E-state index in [4.69, 9.17) is 5.11 Å². The smallest absolute Gasteiger partial charge is 0.382 e. The molecule has 2 aromatic rings. The van der Waals surface area contributed by atoms with Gasteiger partial charge in [0.2, 0.25) is 0 Å². The number of hydrogen-bond acceptors (Lipinski definition) is 4. The number of nitrogens with one attached hydrogen (secondary N) is 1. The molecule has 2 N–H and O–H groups in total. The van der Waals surface area contributed by atoms with Crippen LogP contribution in [0.25, 0.3) is 11.4 Å². The monoisotopic (exact) mass is 342 g/mol. The molecule has 6 nitrogen and oxygen atoms in total. The average Bonchev–Trinajstić information content (AvgIpc) is 3.02. The predicted molar refractivity (Wildman–Crippen MR) is 80.2 cm³/mol. The van der Waals surface area contributed by atoms with Crippen molar-refractivity contribution < 1.29 is 23.1 Å². The first-order chi connectivity index (χ1) is 11.2. The number of likely N-dealkylation sites (N-methyl/N-ethyl adjacent to an activating group) is 1. The number of aromatic nitrogens is 3. The number of aliphatic hydroxyl groups is 1. The van der Waals surface area contributed by atoms with Crippen molar-refractivity contribution in [1.29, 1.82) is 0 Å². The summed E-state index contributed by atoms with van der Waals surface area (Å²) >= 11 is 0. The molecular weight excluding hydrogens is 325 g/mol. The molecule has 0 fully saturated rings. The van der Waals surface area contributed by atoms with Gasteiger partial charge in [-0.15, -0.1) is 0 Å². The number of amides is 1. The van der Waals surface area contributed by atoms with E-state index in [9.17, 15) is 18.0 Å². The van der Waals surface area contributed by atoms with Crippen LogP contribution in [0.15, 0.2) is 24.3 Å². The van der Waals surface area contributed by atoms with Crippen LogP contribution in [-0.4, -0.2) is 57.0 Å². The molecule has 1 amide bonds. The second-order valence-electron chi connectivity index (χ2n) is 5.28. The average molecular weight is 342 g/mol. The first-order valence-electron chi connectivity index (χ1n) is 7.24. The Kier molecular flexibility index (Phi) is 5.23. The summed E-state index contributed by atoms with van der Waals surface area (Å²) in [4.78, 5) is 17.2. The maximum atomic E-state index is 12.3. The van der Waals surface area contributed by atoms with Crippen LogP contribution in [0.2, 0.25) is 0 Å². The lowest BCUT2D eigenvalue weighted by atomic mass is 10.1. The van der Waals surface area contributed by atoms with Crippen molar-refractivity contribution in [2.75, 3.05) is 13.6 Å². The molecule has 1 heterocycles. The first kappa shape index (κ1) is 17.9. The van der Waals surface area contributed by atoms with Crippen LogP contribution in [0.1, 0.15) is 23.1 Å². The van der Waals surface area contributed by atoms with Crippen molar-refractivity contribution >= 4 is 5.91 Å². The van der Waals surface area contributed by atoms with Gasteiger partial charge in [0.15, 0.2) is 11.9 Å². The van der Waals surface area contributed by atoms with E-state index in [2.05, 4.69) is 15.2 Å². The highest BCUT2D eigenvalue weighted by atomic mass is 19.4. The van der Waals surface area contributed by atoms with E-state index in [1.165, 1.54) is 19.2 Å². The van der Waals surface area contributed by atoms with E-state index in [1.807, 2.05) is 6.92 Å². The van der Waals surface area contributed by atoms with Crippen LogP contribution >= 0.6 is 0 Å². The van der Waals surface area contributed by atoms with Crippen LogP contribution < -0.4 is 0 Å². The molecule has 0 radical (unpaired) electrons. The minimum Gasteiger partial charge on any atom is -0.382 e.